The average Bonchev–Trinajstić information content (AvgIpc) is 2.85. The Morgan fingerprint density at radius 2 is 1.67 bits per heavy atom. The molecule has 1 aromatic heterocycles. The maximum atomic E-state index is 12.7. The number of nitrogens with zero attached hydrogens (tertiary/aromatic N) is 2. The fourth-order valence-electron chi connectivity index (χ4n) is 3.31. The van der Waals surface area contributed by atoms with Crippen LogP contribution in [0, 0.1) is 6.92 Å². The second kappa shape index (κ2) is 9.32. The molecule has 0 bridgehead atoms. The molecule has 4 rings (SSSR count). The van der Waals surface area contributed by atoms with Crippen molar-refractivity contribution in [3.8, 4) is 22.8 Å². The Kier molecular flexibility index (Phi) is 6.13. The van der Waals surface area contributed by atoms with Crippen LogP contribution in [-0.2, 0) is 6.61 Å². The Labute approximate surface area is 190 Å². The minimum absolute atomic E-state index is 0.106. The number of phenols is 1. The maximum Gasteiger partial charge on any atom is 0.335 e. The molecular weight excluding hydrogens is 420 g/mol. The molecule has 7 heteroatoms. The summed E-state index contributed by atoms with van der Waals surface area (Å²) in [5.41, 5.74) is 3.06. The number of hydrogen-bond donors (Lipinski definition) is 2. The molecule has 2 N–H and O–H groups in total. The molecule has 3 aromatic carbocycles. The summed E-state index contributed by atoms with van der Waals surface area (Å²) in [5.74, 6) is -0.973. The Bertz CT molecular complexity index is 1320. The van der Waals surface area contributed by atoms with Crippen molar-refractivity contribution in [3.63, 3.8) is 0 Å². The molecule has 0 aliphatic carbocycles. The van der Waals surface area contributed by atoms with E-state index in [9.17, 15) is 14.7 Å². The van der Waals surface area contributed by atoms with Crippen molar-refractivity contribution in [2.24, 2.45) is 0 Å². The summed E-state index contributed by atoms with van der Waals surface area (Å²) in [7, 11) is 0. The van der Waals surface area contributed by atoms with Gasteiger partial charge in [-0.1, -0.05) is 42.5 Å². The lowest BCUT2D eigenvalue weighted by molar-refractivity contribution is 0.0696. The number of aromatic nitrogens is 2. The molecule has 33 heavy (non-hydrogen) atoms. The number of aromatic carboxylic acids is 1. The highest BCUT2D eigenvalue weighted by Crippen LogP contribution is 2.32. The van der Waals surface area contributed by atoms with E-state index in [1.54, 1.807) is 61.8 Å². The molecule has 0 fully saturated rings. The summed E-state index contributed by atoms with van der Waals surface area (Å²) < 4.78 is 5.79. The molecule has 0 aliphatic heterocycles. The van der Waals surface area contributed by atoms with Gasteiger partial charge in [-0.3, -0.25) is 14.8 Å². The number of carboxylic acid groups (broad SMARTS) is 1. The van der Waals surface area contributed by atoms with E-state index in [2.05, 4.69) is 9.97 Å². The van der Waals surface area contributed by atoms with Gasteiger partial charge >= 0.3 is 5.97 Å². The van der Waals surface area contributed by atoms with Gasteiger partial charge in [0, 0.05) is 16.7 Å². The lowest BCUT2D eigenvalue weighted by Crippen LogP contribution is -2.05. The third-order valence-corrected chi connectivity index (χ3v) is 5.15. The normalized spacial score (nSPS) is 10.6. The molecule has 4 aromatic rings. The molecule has 0 atom stereocenters. The van der Waals surface area contributed by atoms with Crippen LogP contribution < -0.4 is 4.74 Å². The van der Waals surface area contributed by atoms with Crippen LogP contribution >= 0.6 is 0 Å². The highest BCUT2D eigenvalue weighted by Gasteiger charge is 2.17. The molecule has 0 aliphatic rings. The number of ketones is 1. The largest absolute Gasteiger partial charge is 0.507 e. The van der Waals surface area contributed by atoms with Gasteiger partial charge in [-0.05, 0) is 31.2 Å². The van der Waals surface area contributed by atoms with Gasteiger partial charge in [-0.2, -0.15) is 0 Å². The Morgan fingerprint density at radius 1 is 0.909 bits per heavy atom. The second-order valence-electron chi connectivity index (χ2n) is 7.35. The van der Waals surface area contributed by atoms with Gasteiger partial charge in [-0.25, -0.2) is 4.79 Å². The van der Waals surface area contributed by atoms with E-state index >= 15 is 0 Å². The van der Waals surface area contributed by atoms with Crippen molar-refractivity contribution in [3.05, 3.63) is 107 Å². The third kappa shape index (κ3) is 4.72. The lowest BCUT2D eigenvalue weighted by Gasteiger charge is -2.13. The predicted octanol–water partition coefficient (Wildman–Crippen LogP) is 4.67. The zero-order valence-corrected chi connectivity index (χ0v) is 17.7. The Morgan fingerprint density at radius 3 is 2.36 bits per heavy atom. The topological polar surface area (TPSA) is 110 Å². The summed E-state index contributed by atoms with van der Waals surface area (Å²) in [5, 5.41) is 19.7. The minimum atomic E-state index is -1.01. The van der Waals surface area contributed by atoms with Crippen molar-refractivity contribution >= 4 is 11.8 Å². The Hall–Kier alpha value is -4.52. The van der Waals surface area contributed by atoms with Crippen LogP contribution in [0.25, 0.3) is 11.3 Å². The SMILES string of the molecule is Cc1c(OCc2cnc(-c3cccc(C(=O)O)c3)cn2)ccc(C(=O)c2ccccc2)c1O. The van der Waals surface area contributed by atoms with Crippen LogP contribution in [-0.4, -0.2) is 31.9 Å². The average molecular weight is 440 g/mol. The molecular formula is C26H20N2O5. The van der Waals surface area contributed by atoms with Crippen LogP contribution in [0.5, 0.6) is 11.5 Å². The zero-order chi connectivity index (χ0) is 23.4. The number of phenolic OH excluding ortho intramolecular Hbond substituents is 1. The highest BCUT2D eigenvalue weighted by molar-refractivity contribution is 6.11. The first-order valence-corrected chi connectivity index (χ1v) is 10.1. The molecule has 0 radical (unpaired) electrons. The van der Waals surface area contributed by atoms with Crippen molar-refractivity contribution in [1.82, 2.24) is 9.97 Å². The summed E-state index contributed by atoms with van der Waals surface area (Å²) in [4.78, 5) is 32.5. The van der Waals surface area contributed by atoms with Gasteiger partial charge in [-0.15, -0.1) is 0 Å². The van der Waals surface area contributed by atoms with Crippen LogP contribution in [0.2, 0.25) is 0 Å². The van der Waals surface area contributed by atoms with Crippen LogP contribution in [0.1, 0.15) is 37.5 Å². The molecule has 0 unspecified atom stereocenters. The van der Waals surface area contributed by atoms with E-state index in [1.807, 2.05) is 6.07 Å². The van der Waals surface area contributed by atoms with Crippen molar-refractivity contribution < 1.29 is 24.5 Å². The zero-order valence-electron chi connectivity index (χ0n) is 17.7. The first kappa shape index (κ1) is 21.7. The minimum Gasteiger partial charge on any atom is -0.507 e. The summed E-state index contributed by atoms with van der Waals surface area (Å²) >= 11 is 0. The number of ether oxygens (including phenoxy) is 1. The number of aromatic hydroxyl groups is 1. The fraction of sp³-hybridized carbons (Fsp3) is 0.0769. The predicted molar refractivity (Wildman–Crippen MR) is 121 cm³/mol. The quantitative estimate of drug-likeness (QED) is 0.402. The lowest BCUT2D eigenvalue weighted by atomic mass is 10.00. The monoisotopic (exact) mass is 440 g/mol. The molecule has 1 heterocycles. The third-order valence-electron chi connectivity index (χ3n) is 5.15. The van der Waals surface area contributed by atoms with Gasteiger partial charge < -0.3 is 14.9 Å². The molecule has 0 spiro atoms. The van der Waals surface area contributed by atoms with Gasteiger partial charge in [0.2, 0.25) is 0 Å². The molecule has 164 valence electrons. The first-order valence-electron chi connectivity index (χ1n) is 10.1. The summed E-state index contributed by atoms with van der Waals surface area (Å²) in [6, 6.07) is 18.4. The summed E-state index contributed by atoms with van der Waals surface area (Å²) in [6.07, 6.45) is 3.09. The van der Waals surface area contributed by atoms with E-state index in [1.165, 1.54) is 18.2 Å². The van der Waals surface area contributed by atoms with E-state index in [0.717, 1.165) is 0 Å². The number of hydrogen-bond acceptors (Lipinski definition) is 6. The van der Waals surface area contributed by atoms with Crippen molar-refractivity contribution in [1.29, 1.82) is 0 Å². The molecule has 0 amide bonds. The highest BCUT2D eigenvalue weighted by atomic mass is 16.5. The van der Waals surface area contributed by atoms with E-state index < -0.39 is 5.97 Å². The first-order chi connectivity index (χ1) is 15.9. The van der Waals surface area contributed by atoms with Gasteiger partial charge in [0.1, 0.15) is 18.1 Å². The maximum absolute atomic E-state index is 12.7. The van der Waals surface area contributed by atoms with E-state index in [-0.39, 0.29) is 29.3 Å². The van der Waals surface area contributed by atoms with Crippen LogP contribution in [0.3, 0.4) is 0 Å². The van der Waals surface area contributed by atoms with Gasteiger partial charge in [0.05, 0.1) is 34.9 Å². The molecule has 7 nitrogen and oxygen atoms in total. The number of carboxylic acids is 1. The van der Waals surface area contributed by atoms with E-state index in [4.69, 9.17) is 9.84 Å². The number of rotatable bonds is 7. The number of benzene rings is 3. The Balaban J connectivity index is 1.47. The number of carbonyl (C=O) groups is 2. The second-order valence-corrected chi connectivity index (χ2v) is 7.35. The van der Waals surface area contributed by atoms with Crippen LogP contribution in [0.4, 0.5) is 0 Å². The van der Waals surface area contributed by atoms with Gasteiger partial charge in [0.25, 0.3) is 0 Å². The standard InChI is InChI=1S/C26H20N2O5/c1-16-23(11-10-21(24(16)29)25(30)17-6-3-2-4-7-17)33-15-20-13-28-22(14-27-20)18-8-5-9-19(12-18)26(31)32/h2-14,29H,15H2,1H3,(H,31,32). The molecule has 0 saturated carbocycles. The van der Waals surface area contributed by atoms with Crippen LogP contribution in [0.15, 0.2) is 79.1 Å². The van der Waals surface area contributed by atoms with E-state index in [0.29, 0.717) is 33.8 Å². The summed E-state index contributed by atoms with van der Waals surface area (Å²) in [6.45, 7) is 1.78. The smallest absolute Gasteiger partial charge is 0.335 e. The molecule has 0 saturated heterocycles. The van der Waals surface area contributed by atoms with Crippen molar-refractivity contribution in [2.45, 2.75) is 13.5 Å². The van der Waals surface area contributed by atoms with Gasteiger partial charge in [0.15, 0.2) is 5.78 Å². The fourth-order valence-corrected chi connectivity index (χ4v) is 3.31. The van der Waals surface area contributed by atoms with Crippen molar-refractivity contribution in [2.75, 3.05) is 0 Å². The number of carbonyl (C=O) groups excluding carboxylic acids is 1.